The molecule has 0 saturated carbocycles. The van der Waals surface area contributed by atoms with Gasteiger partial charge in [0.2, 0.25) is 5.91 Å². The van der Waals surface area contributed by atoms with Crippen LogP contribution in [0.3, 0.4) is 0 Å². The molecule has 2 unspecified atom stereocenters. The Morgan fingerprint density at radius 3 is 2.90 bits per heavy atom. The highest BCUT2D eigenvalue weighted by Gasteiger charge is 2.35. The van der Waals surface area contributed by atoms with E-state index < -0.39 is 0 Å². The molecular weight excluding hydrogens is 332 g/mol. The maximum atomic E-state index is 12.7. The molecule has 2 fully saturated rings. The van der Waals surface area contributed by atoms with Gasteiger partial charge in [0.1, 0.15) is 0 Å². The number of hydrogen-bond acceptors (Lipinski definition) is 2. The number of nitrogens with zero attached hydrogens (tertiary/aromatic N) is 1. The number of likely N-dealkylation sites (tertiary alicyclic amines) is 1. The lowest BCUT2D eigenvalue weighted by Gasteiger charge is -2.41. The van der Waals surface area contributed by atoms with E-state index in [2.05, 4.69) is 21.2 Å². The van der Waals surface area contributed by atoms with E-state index in [0.717, 1.165) is 35.0 Å². The summed E-state index contributed by atoms with van der Waals surface area (Å²) in [5.74, 6) is 0.641. The Balaban J connectivity index is 1.73. The summed E-state index contributed by atoms with van der Waals surface area (Å²) < 4.78 is 0.936. The van der Waals surface area contributed by atoms with Gasteiger partial charge in [-0.2, -0.15) is 0 Å². The zero-order valence-electron chi connectivity index (χ0n) is 12.1. The van der Waals surface area contributed by atoms with Gasteiger partial charge in [0.05, 0.1) is 0 Å². The summed E-state index contributed by atoms with van der Waals surface area (Å²) in [4.78, 5) is 26.0. The number of carbonyl (C=O) groups is 2. The van der Waals surface area contributed by atoms with E-state index in [1.165, 1.54) is 0 Å². The molecule has 0 radical (unpaired) electrons. The number of aryl methyl sites for hydroxylation is 1. The third-order valence-corrected chi connectivity index (χ3v) is 4.86. The van der Waals surface area contributed by atoms with Gasteiger partial charge >= 0.3 is 0 Å². The molecule has 0 bridgehead atoms. The molecule has 21 heavy (non-hydrogen) atoms. The van der Waals surface area contributed by atoms with Gasteiger partial charge in [-0.1, -0.05) is 15.9 Å². The van der Waals surface area contributed by atoms with Gasteiger partial charge in [-0.3, -0.25) is 9.59 Å². The van der Waals surface area contributed by atoms with Crippen LogP contribution in [0.15, 0.2) is 22.7 Å². The lowest BCUT2D eigenvalue weighted by molar-refractivity contribution is -0.125. The summed E-state index contributed by atoms with van der Waals surface area (Å²) in [6, 6.07) is 6.06. The van der Waals surface area contributed by atoms with Crippen molar-refractivity contribution < 1.29 is 9.59 Å². The largest absolute Gasteiger partial charge is 0.353 e. The van der Waals surface area contributed by atoms with Crippen molar-refractivity contribution in [2.24, 2.45) is 5.92 Å². The van der Waals surface area contributed by atoms with Crippen LogP contribution in [-0.2, 0) is 4.79 Å². The minimum absolute atomic E-state index is 0.0924. The second-order valence-electron chi connectivity index (χ2n) is 6.03. The first-order valence-corrected chi connectivity index (χ1v) is 8.18. The maximum absolute atomic E-state index is 12.7. The smallest absolute Gasteiger partial charge is 0.253 e. The second kappa shape index (κ2) is 5.79. The number of benzene rings is 1. The third kappa shape index (κ3) is 3.12. The van der Waals surface area contributed by atoms with Crippen molar-refractivity contribution in [2.75, 3.05) is 13.1 Å². The molecule has 2 amide bonds. The van der Waals surface area contributed by atoms with E-state index in [4.69, 9.17) is 0 Å². The zero-order chi connectivity index (χ0) is 15.0. The molecule has 0 aliphatic carbocycles. The number of amides is 2. The standard InChI is InChI=1S/C16H19BrN2O2/c1-10-6-12(8-13(17)7-10)16(21)19-5-4-14-11(9-19)2-3-15(20)18-14/h6-8,11,14H,2-5,9H2,1H3,(H,18,20). The van der Waals surface area contributed by atoms with Crippen LogP contribution < -0.4 is 5.32 Å². The molecule has 0 spiro atoms. The molecule has 112 valence electrons. The fourth-order valence-electron chi connectivity index (χ4n) is 3.34. The first kappa shape index (κ1) is 14.6. The Morgan fingerprint density at radius 2 is 2.14 bits per heavy atom. The van der Waals surface area contributed by atoms with E-state index in [0.29, 0.717) is 18.9 Å². The van der Waals surface area contributed by atoms with E-state index in [1.807, 2.05) is 30.0 Å². The molecule has 3 rings (SSSR count). The summed E-state index contributed by atoms with van der Waals surface area (Å²) in [6.45, 7) is 3.45. The monoisotopic (exact) mass is 350 g/mol. The fourth-order valence-corrected chi connectivity index (χ4v) is 3.94. The summed E-state index contributed by atoms with van der Waals surface area (Å²) in [5.41, 5.74) is 1.81. The quantitative estimate of drug-likeness (QED) is 0.845. The van der Waals surface area contributed by atoms with Crippen LogP contribution in [0.25, 0.3) is 0 Å². The highest BCUT2D eigenvalue weighted by Crippen LogP contribution is 2.27. The van der Waals surface area contributed by atoms with Crippen LogP contribution in [0.1, 0.15) is 35.2 Å². The highest BCUT2D eigenvalue weighted by atomic mass is 79.9. The van der Waals surface area contributed by atoms with Crippen molar-refractivity contribution in [3.63, 3.8) is 0 Å². The summed E-state index contributed by atoms with van der Waals surface area (Å²) in [5, 5.41) is 3.05. The lowest BCUT2D eigenvalue weighted by atomic mass is 9.85. The van der Waals surface area contributed by atoms with E-state index in [-0.39, 0.29) is 17.9 Å². The Kier molecular flexibility index (Phi) is 4.02. The average molecular weight is 351 g/mol. The van der Waals surface area contributed by atoms with Crippen LogP contribution in [0.2, 0.25) is 0 Å². The van der Waals surface area contributed by atoms with Crippen molar-refractivity contribution in [2.45, 2.75) is 32.2 Å². The van der Waals surface area contributed by atoms with Gasteiger partial charge in [-0.05, 0) is 49.4 Å². The Bertz CT molecular complexity index is 567. The van der Waals surface area contributed by atoms with Crippen molar-refractivity contribution in [1.82, 2.24) is 10.2 Å². The van der Waals surface area contributed by atoms with Gasteiger partial charge in [0.25, 0.3) is 5.91 Å². The normalized spacial score (nSPS) is 25.2. The minimum atomic E-state index is 0.0924. The summed E-state index contributed by atoms with van der Waals surface area (Å²) >= 11 is 3.45. The molecule has 1 aromatic carbocycles. The Hall–Kier alpha value is -1.36. The van der Waals surface area contributed by atoms with Crippen LogP contribution in [0, 0.1) is 12.8 Å². The number of halogens is 1. The van der Waals surface area contributed by atoms with Gasteiger partial charge in [-0.25, -0.2) is 0 Å². The van der Waals surface area contributed by atoms with Gasteiger partial charge < -0.3 is 10.2 Å². The van der Waals surface area contributed by atoms with E-state index >= 15 is 0 Å². The van der Waals surface area contributed by atoms with Crippen LogP contribution in [0.4, 0.5) is 0 Å². The third-order valence-electron chi connectivity index (χ3n) is 4.40. The van der Waals surface area contributed by atoms with Crippen molar-refractivity contribution in [1.29, 1.82) is 0 Å². The molecular formula is C16H19BrN2O2. The van der Waals surface area contributed by atoms with Crippen molar-refractivity contribution >= 4 is 27.7 Å². The predicted octanol–water partition coefficient (Wildman–Crippen LogP) is 2.50. The molecule has 4 nitrogen and oxygen atoms in total. The number of fused-ring (bicyclic) bond motifs is 1. The van der Waals surface area contributed by atoms with Gasteiger partial charge in [-0.15, -0.1) is 0 Å². The minimum Gasteiger partial charge on any atom is -0.353 e. The molecule has 1 aromatic rings. The summed E-state index contributed by atoms with van der Waals surface area (Å²) in [7, 11) is 0. The number of piperidine rings is 2. The number of rotatable bonds is 1. The molecule has 2 aliphatic rings. The second-order valence-corrected chi connectivity index (χ2v) is 6.95. The topological polar surface area (TPSA) is 49.4 Å². The molecule has 2 atom stereocenters. The molecule has 2 saturated heterocycles. The number of carbonyl (C=O) groups excluding carboxylic acids is 2. The Morgan fingerprint density at radius 1 is 1.33 bits per heavy atom. The van der Waals surface area contributed by atoms with Crippen molar-refractivity contribution in [3.8, 4) is 0 Å². The average Bonchev–Trinajstić information content (AvgIpc) is 2.45. The van der Waals surface area contributed by atoms with Crippen molar-refractivity contribution in [3.05, 3.63) is 33.8 Å². The molecule has 5 heteroatoms. The first-order chi connectivity index (χ1) is 10.0. The zero-order valence-corrected chi connectivity index (χ0v) is 13.6. The summed E-state index contributed by atoms with van der Waals surface area (Å²) in [6.07, 6.45) is 2.33. The molecule has 2 heterocycles. The SMILES string of the molecule is Cc1cc(Br)cc(C(=O)N2CCC3NC(=O)CCC3C2)c1. The predicted molar refractivity (Wildman–Crippen MR) is 84.1 cm³/mol. The van der Waals surface area contributed by atoms with Crippen LogP contribution in [0.5, 0.6) is 0 Å². The highest BCUT2D eigenvalue weighted by molar-refractivity contribution is 9.10. The fraction of sp³-hybridized carbons (Fsp3) is 0.500. The Labute approximate surface area is 133 Å². The lowest BCUT2D eigenvalue weighted by Crippen LogP contribution is -2.55. The van der Waals surface area contributed by atoms with E-state index in [1.54, 1.807) is 0 Å². The van der Waals surface area contributed by atoms with Gasteiger partial charge in [0, 0.05) is 35.6 Å². The maximum Gasteiger partial charge on any atom is 0.253 e. The molecule has 2 aliphatic heterocycles. The number of nitrogens with one attached hydrogen (secondary N) is 1. The van der Waals surface area contributed by atoms with E-state index in [9.17, 15) is 9.59 Å². The molecule has 1 N–H and O–H groups in total. The molecule has 0 aromatic heterocycles. The van der Waals surface area contributed by atoms with Gasteiger partial charge in [0.15, 0.2) is 0 Å². The van der Waals surface area contributed by atoms with Crippen LogP contribution in [-0.4, -0.2) is 35.8 Å². The van der Waals surface area contributed by atoms with Crippen LogP contribution >= 0.6 is 15.9 Å². The number of hydrogen-bond donors (Lipinski definition) is 1. The first-order valence-electron chi connectivity index (χ1n) is 7.39.